The van der Waals surface area contributed by atoms with Crippen LogP contribution in [0.5, 0.6) is 0 Å². The molecule has 1 heterocycles. The lowest BCUT2D eigenvalue weighted by atomic mass is 9.83. The molecule has 4 rings (SSSR count). The lowest BCUT2D eigenvalue weighted by molar-refractivity contribution is -0.144. The number of carbonyl (C=O) groups is 5. The predicted octanol–water partition coefficient (Wildman–Crippen LogP) is 4.28. The van der Waals surface area contributed by atoms with Crippen LogP contribution in [0, 0.1) is 29.1 Å². The summed E-state index contributed by atoms with van der Waals surface area (Å²) >= 11 is 0. The Kier molecular flexibility index (Phi) is 10.4. The van der Waals surface area contributed by atoms with E-state index in [-0.39, 0.29) is 46.6 Å². The van der Waals surface area contributed by atoms with E-state index in [0.717, 1.165) is 44.9 Å². The molecule has 4 N–H and O–H groups in total. The third kappa shape index (κ3) is 8.14. The van der Waals surface area contributed by atoms with E-state index in [1.807, 2.05) is 0 Å². The Morgan fingerprint density at radius 3 is 2.11 bits per heavy atom. The van der Waals surface area contributed by atoms with Crippen molar-refractivity contribution in [3.05, 3.63) is 0 Å². The summed E-state index contributed by atoms with van der Waals surface area (Å²) in [5, 5.41) is 5.74. The Morgan fingerprint density at radius 1 is 0.957 bits per heavy atom. The number of primary amides is 1. The van der Waals surface area contributed by atoms with Crippen molar-refractivity contribution >= 4 is 37.9 Å². The highest BCUT2D eigenvalue weighted by molar-refractivity contribution is 6.74. The van der Waals surface area contributed by atoms with E-state index in [1.54, 1.807) is 18.7 Å². The van der Waals surface area contributed by atoms with Crippen LogP contribution in [0.3, 0.4) is 0 Å². The van der Waals surface area contributed by atoms with Crippen molar-refractivity contribution in [2.24, 2.45) is 34.8 Å². The second kappa shape index (κ2) is 13.2. The topological polar surface area (TPSA) is 157 Å². The first-order valence-corrected chi connectivity index (χ1v) is 20.1. The Morgan fingerprint density at radius 2 is 1.57 bits per heavy atom. The number of nitrogens with zero attached hydrogens (tertiary/aromatic N) is 1. The first-order valence-electron chi connectivity index (χ1n) is 17.2. The standard InChI is InChI=1S/C34H58N4O7Si/c1-32(2,3)46(8,9)44-19-33(4,5)45-31(43)37-25(21-13-11-10-12-14-21)30(42)38-18-22-24(34(22,6)7)26(38)29(41)36-23(17-20-15-16-20)27(39)28(35)40/h20-26H,10-19H2,1-9H3,(H2,35,40)(H,36,41)(H,37,43)/t22-,23?,24-,25-,26-/m0/s1. The zero-order valence-electron chi connectivity index (χ0n) is 29.5. The molecule has 11 nitrogen and oxygen atoms in total. The molecule has 1 saturated heterocycles. The van der Waals surface area contributed by atoms with E-state index in [2.05, 4.69) is 58.3 Å². The van der Waals surface area contributed by atoms with Crippen molar-refractivity contribution in [2.45, 2.75) is 142 Å². The van der Waals surface area contributed by atoms with Crippen LogP contribution < -0.4 is 16.4 Å². The molecule has 4 aliphatic rings. The molecular formula is C34H58N4O7Si. The highest BCUT2D eigenvalue weighted by Crippen LogP contribution is 2.65. The van der Waals surface area contributed by atoms with E-state index in [0.29, 0.717) is 13.0 Å². The van der Waals surface area contributed by atoms with E-state index in [4.69, 9.17) is 14.9 Å². The van der Waals surface area contributed by atoms with Gasteiger partial charge in [0.1, 0.15) is 17.7 Å². The number of Topliss-reactive ketones (excluding diaryl/α,β-unsaturated/α-hetero) is 1. The summed E-state index contributed by atoms with van der Waals surface area (Å²) in [6.45, 7) is 19.2. The number of fused-ring (bicyclic) bond motifs is 1. The van der Waals surface area contributed by atoms with Gasteiger partial charge in [-0.1, -0.05) is 66.7 Å². The van der Waals surface area contributed by atoms with Crippen molar-refractivity contribution in [3.8, 4) is 0 Å². The summed E-state index contributed by atoms with van der Waals surface area (Å²) in [6, 6.07) is -2.67. The smallest absolute Gasteiger partial charge is 0.408 e. The first kappa shape index (κ1) is 36.4. The Hall–Kier alpha value is -2.47. The largest absolute Gasteiger partial charge is 0.441 e. The molecule has 4 amide bonds. The zero-order valence-corrected chi connectivity index (χ0v) is 30.5. The first-order chi connectivity index (χ1) is 21.2. The molecule has 0 aromatic carbocycles. The molecule has 5 atom stereocenters. The predicted molar refractivity (Wildman–Crippen MR) is 177 cm³/mol. The number of hydrogen-bond donors (Lipinski definition) is 3. The van der Waals surface area contributed by atoms with Crippen LogP contribution in [0.4, 0.5) is 4.79 Å². The van der Waals surface area contributed by atoms with Gasteiger partial charge in [0.25, 0.3) is 5.91 Å². The lowest BCUT2D eigenvalue weighted by Gasteiger charge is -2.39. The minimum atomic E-state index is -2.08. The third-order valence-electron chi connectivity index (χ3n) is 11.5. The van der Waals surface area contributed by atoms with Gasteiger partial charge in [-0.25, -0.2) is 4.79 Å². The minimum Gasteiger partial charge on any atom is -0.441 e. The van der Waals surface area contributed by atoms with E-state index in [1.165, 1.54) is 0 Å². The number of alkyl carbamates (subject to hydrolysis) is 1. The van der Waals surface area contributed by atoms with Crippen molar-refractivity contribution in [2.75, 3.05) is 13.2 Å². The normalized spacial score (nSPS) is 26.0. The molecule has 0 bridgehead atoms. The summed E-state index contributed by atoms with van der Waals surface area (Å²) in [5.41, 5.74) is 4.25. The Balaban J connectivity index is 1.51. The van der Waals surface area contributed by atoms with Gasteiger partial charge >= 0.3 is 6.09 Å². The van der Waals surface area contributed by atoms with Gasteiger partial charge in [0.05, 0.1) is 12.6 Å². The molecule has 4 fully saturated rings. The van der Waals surface area contributed by atoms with Gasteiger partial charge in [-0.15, -0.1) is 0 Å². The van der Waals surface area contributed by atoms with Crippen molar-refractivity contribution < 1.29 is 33.1 Å². The lowest BCUT2D eigenvalue weighted by Crippen LogP contribution is -2.60. The summed E-state index contributed by atoms with van der Waals surface area (Å²) in [4.78, 5) is 67.8. The van der Waals surface area contributed by atoms with Crippen LogP contribution in [-0.2, 0) is 28.3 Å². The number of ether oxygens (including phenoxy) is 1. The van der Waals surface area contributed by atoms with Gasteiger partial charge in [0.2, 0.25) is 17.6 Å². The average molecular weight is 663 g/mol. The number of hydrogen-bond acceptors (Lipinski definition) is 7. The monoisotopic (exact) mass is 662 g/mol. The molecule has 260 valence electrons. The highest BCUT2D eigenvalue weighted by Gasteiger charge is 2.69. The fourth-order valence-corrected chi connectivity index (χ4v) is 8.34. The molecule has 0 radical (unpaired) electrons. The molecular weight excluding hydrogens is 604 g/mol. The maximum atomic E-state index is 14.4. The van der Waals surface area contributed by atoms with Crippen molar-refractivity contribution in [3.63, 3.8) is 0 Å². The minimum absolute atomic E-state index is 0.00269. The SMILES string of the molecule is CC(C)(CO[Si](C)(C)C(C)(C)C)OC(=O)N[C@H](C(=O)N1C[C@H]2[C@@H]([C@H]1C(=O)NC(CC1CC1)C(=O)C(N)=O)C2(C)C)C1CCCCC1. The fourth-order valence-electron chi connectivity index (χ4n) is 7.20. The van der Waals surface area contributed by atoms with Crippen molar-refractivity contribution in [1.29, 1.82) is 0 Å². The van der Waals surface area contributed by atoms with Crippen LogP contribution in [0.15, 0.2) is 0 Å². The summed E-state index contributed by atoms with van der Waals surface area (Å²) in [7, 11) is -2.08. The number of rotatable bonds is 13. The average Bonchev–Trinajstić information content (AvgIpc) is 3.81. The molecule has 1 aliphatic heterocycles. The number of nitrogens with one attached hydrogen (secondary N) is 2. The summed E-state index contributed by atoms with van der Waals surface area (Å²) in [6.07, 6.45) is 6.11. The number of carbonyl (C=O) groups excluding carboxylic acids is 5. The van der Waals surface area contributed by atoms with Gasteiger partial charge in [0.15, 0.2) is 8.32 Å². The number of ketones is 1. The van der Waals surface area contributed by atoms with Gasteiger partial charge in [0, 0.05) is 6.54 Å². The van der Waals surface area contributed by atoms with Crippen LogP contribution in [-0.4, -0.2) is 79.7 Å². The molecule has 0 aromatic rings. The van der Waals surface area contributed by atoms with Crippen LogP contribution >= 0.6 is 0 Å². The maximum Gasteiger partial charge on any atom is 0.408 e. The van der Waals surface area contributed by atoms with Crippen LogP contribution in [0.1, 0.15) is 99.8 Å². The quantitative estimate of drug-likeness (QED) is 0.196. The highest BCUT2D eigenvalue weighted by atomic mass is 28.4. The van der Waals surface area contributed by atoms with Crippen LogP contribution in [0.25, 0.3) is 0 Å². The molecule has 12 heteroatoms. The van der Waals surface area contributed by atoms with Gasteiger partial charge in [-0.3, -0.25) is 19.2 Å². The van der Waals surface area contributed by atoms with Crippen molar-refractivity contribution in [1.82, 2.24) is 15.5 Å². The van der Waals surface area contributed by atoms with E-state index in [9.17, 15) is 24.0 Å². The molecule has 1 unspecified atom stereocenters. The number of amides is 4. The molecule has 46 heavy (non-hydrogen) atoms. The summed E-state index contributed by atoms with van der Waals surface area (Å²) in [5.74, 6) is -2.43. The van der Waals surface area contributed by atoms with Gasteiger partial charge in [-0.2, -0.15) is 0 Å². The molecule has 0 aromatic heterocycles. The molecule has 3 aliphatic carbocycles. The molecule has 3 saturated carbocycles. The number of likely N-dealkylation sites (tertiary alicyclic amines) is 1. The van der Waals surface area contributed by atoms with Crippen LogP contribution in [0.2, 0.25) is 18.1 Å². The van der Waals surface area contributed by atoms with Gasteiger partial charge in [-0.05, 0) is 80.3 Å². The second-order valence-corrected chi connectivity index (χ2v) is 21.9. The summed E-state index contributed by atoms with van der Waals surface area (Å²) < 4.78 is 12.2. The zero-order chi connectivity index (χ0) is 34.4. The van der Waals surface area contributed by atoms with E-state index >= 15 is 0 Å². The fraction of sp³-hybridized carbons (Fsp3) is 0.853. The third-order valence-corrected chi connectivity index (χ3v) is 16.0. The van der Waals surface area contributed by atoms with E-state index < -0.39 is 55.7 Å². The van der Waals surface area contributed by atoms with Gasteiger partial charge < -0.3 is 30.4 Å². The Labute approximate surface area is 275 Å². The Bertz CT molecular complexity index is 1200. The second-order valence-electron chi connectivity index (χ2n) is 17.1. The maximum absolute atomic E-state index is 14.4. The molecule has 0 spiro atoms. The number of nitrogens with two attached hydrogens (primary N) is 1. The number of piperidine rings is 1.